The number of benzene rings is 6. The third-order valence-electron chi connectivity index (χ3n) is 14.5. The molecule has 11 aromatic rings. The van der Waals surface area contributed by atoms with E-state index in [2.05, 4.69) is 41.2 Å². The number of carbonyl (C=O) groups is 5. The molecule has 0 spiro atoms. The van der Waals surface area contributed by atoms with Crippen molar-refractivity contribution in [2.24, 2.45) is 0 Å². The van der Waals surface area contributed by atoms with Gasteiger partial charge in [0.25, 0.3) is 0 Å². The van der Waals surface area contributed by atoms with Gasteiger partial charge in [-0.3, -0.25) is 18.7 Å². The highest BCUT2D eigenvalue weighted by Gasteiger charge is 2.32. The van der Waals surface area contributed by atoms with Gasteiger partial charge in [-0.05, 0) is 120 Å². The summed E-state index contributed by atoms with van der Waals surface area (Å²) in [5.74, 6) is -8.16. The monoisotopic (exact) mass is 1350 g/mol. The van der Waals surface area contributed by atoms with E-state index in [9.17, 15) is 64.2 Å². The third-order valence-corrected chi connectivity index (χ3v) is 15.2. The maximum absolute atomic E-state index is 11.1. The van der Waals surface area contributed by atoms with Gasteiger partial charge >= 0.3 is 58.3 Å². The number of nitrogens with zero attached hydrogens (tertiary/aromatic N) is 12. The summed E-state index contributed by atoms with van der Waals surface area (Å²) >= 11 is 1.53. The van der Waals surface area contributed by atoms with Gasteiger partial charge in [0.05, 0.1) is 70.8 Å². The molecule has 0 aliphatic rings. The van der Waals surface area contributed by atoms with Gasteiger partial charge in [0, 0.05) is 16.5 Å². The van der Waals surface area contributed by atoms with E-state index in [0.29, 0.717) is 45.1 Å². The Kier molecular flexibility index (Phi) is 25.8. The lowest BCUT2D eigenvalue weighted by Crippen LogP contribution is -2.31. The highest BCUT2D eigenvalue weighted by molar-refractivity contribution is 7.08. The maximum atomic E-state index is 11.1. The topological polar surface area (TPSA) is 480 Å². The van der Waals surface area contributed by atoms with Crippen molar-refractivity contribution in [2.45, 2.75) is 56.1 Å². The van der Waals surface area contributed by atoms with Gasteiger partial charge in [0.2, 0.25) is 0 Å². The zero-order valence-electron chi connectivity index (χ0n) is 51.2. The first-order chi connectivity index (χ1) is 47.0. The predicted octanol–water partition coefficient (Wildman–Crippen LogP) is 3.76. The zero-order valence-corrected chi connectivity index (χ0v) is 52.1. The van der Waals surface area contributed by atoms with Crippen molar-refractivity contribution in [1.29, 1.82) is 0 Å². The second-order valence-electron chi connectivity index (χ2n) is 21.5. The zero-order chi connectivity index (χ0) is 70.4. The van der Waals surface area contributed by atoms with E-state index in [1.165, 1.54) is 80.0 Å². The maximum Gasteiger partial charge on any atom is 0.478 e. The van der Waals surface area contributed by atoms with Crippen LogP contribution in [-0.2, 0) is 32.3 Å². The van der Waals surface area contributed by atoms with Gasteiger partial charge in [-0.15, -0.1) is 20.4 Å². The van der Waals surface area contributed by atoms with Crippen LogP contribution in [0.25, 0.3) is 22.5 Å². The molecule has 98 heavy (non-hydrogen) atoms. The van der Waals surface area contributed by atoms with Gasteiger partial charge in [0.1, 0.15) is 29.4 Å². The molecule has 31 nitrogen and oxygen atoms in total. The summed E-state index contributed by atoms with van der Waals surface area (Å²) in [5.41, 5.74) is 6.23. The molecule has 13 N–H and O–H groups in total. The van der Waals surface area contributed by atoms with Gasteiger partial charge < -0.3 is 70.5 Å². The van der Waals surface area contributed by atoms with E-state index < -0.39 is 82.1 Å². The van der Waals surface area contributed by atoms with Crippen molar-refractivity contribution < 1.29 is 94.4 Å². The second kappa shape index (κ2) is 34.9. The largest absolute Gasteiger partial charge is 0.487 e. The van der Waals surface area contributed by atoms with Crippen LogP contribution in [0.1, 0.15) is 104 Å². The van der Waals surface area contributed by atoms with E-state index in [1.807, 2.05) is 77.5 Å². The molecule has 4 unspecified atom stereocenters. The standard InChI is InChI=1S/C18H18BN3O5.C17H16BN3O4.C15H14BN3O4S.C12H12BN3O6/c23-18(24)14-6-4-5-13(9-14)10-17(19(25)26)22-11-15(20-21-22)12-27-16-7-2-1-3-8-16;22-17(23)14-8-4-5-12(9-14)10-16(18(24)25)21-11-15(19-20-21)13-6-2-1-3-7-13;20-15(21)11-3-1-2-10(6-11)7-14(16(22)23)19-8-13(17-18-19)12-4-5-24-9-12;17-11(18)8-3-1-2-7(4-8)5-10(13(21)22)16-6-9(12(19)20)14-15-16/h1-9,11,17,25-26H,10,12H2,(H,23,24);1-9,11,16,24-25H,10H2,(H,22,23);1-6,8-9,14,22-23H,7H2,(H,20,21);1-4,6,10,21-22H,5H2,(H,17,18)(H,19,20). The van der Waals surface area contributed by atoms with Crippen molar-refractivity contribution in [3.05, 3.63) is 255 Å². The van der Waals surface area contributed by atoms with Crippen LogP contribution >= 0.6 is 11.3 Å². The number of hydrogen-bond acceptors (Lipinski definition) is 23. The SMILES string of the molecule is O=C(O)c1cccc(CC(B(O)O)n2cc(-c3ccccc3)nn2)c1.O=C(O)c1cccc(CC(B(O)O)n2cc(-c3ccsc3)nn2)c1.O=C(O)c1cccc(CC(B(O)O)n2cc(C(=O)O)nn2)c1.O=C(O)c1cccc(CC(B(O)O)n2cc(COc3ccccc3)nn2)c1. The molecule has 0 fully saturated rings. The Morgan fingerprint density at radius 3 is 1.10 bits per heavy atom. The molecular weight excluding hydrogens is 1290 g/mol. The van der Waals surface area contributed by atoms with Crippen LogP contribution in [0.5, 0.6) is 5.75 Å². The van der Waals surface area contributed by atoms with Crippen LogP contribution in [-0.4, -0.2) is 184 Å². The average Bonchev–Trinajstić information content (AvgIpc) is 1.67. The average molecular weight is 1350 g/mol. The summed E-state index contributed by atoms with van der Waals surface area (Å²) < 4.78 is 10.8. The number of ether oxygens (including phenoxy) is 1. The minimum absolute atomic E-state index is 0.0429. The molecule has 0 radical (unpaired) electrons. The first-order valence-corrected chi connectivity index (χ1v) is 30.3. The highest BCUT2D eigenvalue weighted by atomic mass is 32.1. The van der Waals surface area contributed by atoms with Crippen LogP contribution in [0.3, 0.4) is 0 Å². The number of rotatable bonds is 26. The molecule has 0 amide bonds. The number of aromatic nitrogens is 12. The number of aromatic carboxylic acids is 5. The fourth-order valence-electron chi connectivity index (χ4n) is 9.55. The van der Waals surface area contributed by atoms with Gasteiger partial charge in [-0.25, -0.2) is 24.0 Å². The molecule has 36 heteroatoms. The summed E-state index contributed by atoms with van der Waals surface area (Å²) in [6, 6.07) is 45.5. The minimum Gasteiger partial charge on any atom is -0.487 e. The molecule has 5 aromatic heterocycles. The first kappa shape index (κ1) is 72.5. The van der Waals surface area contributed by atoms with E-state index in [0.717, 1.165) is 22.0 Å². The fraction of sp³-hybridized carbons (Fsp3) is 0.145. The van der Waals surface area contributed by atoms with Crippen LogP contribution < -0.4 is 4.74 Å². The van der Waals surface area contributed by atoms with Crippen LogP contribution in [0.15, 0.2) is 199 Å². The number of carboxylic acid groups (broad SMARTS) is 5. The summed E-state index contributed by atoms with van der Waals surface area (Å²) in [6.45, 7) is 0.187. The molecule has 0 aliphatic heterocycles. The first-order valence-electron chi connectivity index (χ1n) is 29.4. The molecule has 500 valence electrons. The van der Waals surface area contributed by atoms with Crippen LogP contribution in [0, 0.1) is 0 Å². The van der Waals surface area contributed by atoms with E-state index in [-0.39, 0.29) is 60.2 Å². The Labute approximate surface area is 561 Å². The number of para-hydroxylation sites is 1. The summed E-state index contributed by atoms with van der Waals surface area (Å²) in [4.78, 5) is 54.9. The minimum atomic E-state index is -1.82. The Hall–Kier alpha value is -11.3. The number of carboxylic acids is 5. The molecular formula is C62H60B4N12O19S. The van der Waals surface area contributed by atoms with E-state index in [1.54, 1.807) is 61.1 Å². The lowest BCUT2D eigenvalue weighted by atomic mass is 9.76. The Morgan fingerprint density at radius 1 is 0.388 bits per heavy atom. The Morgan fingerprint density at radius 2 is 0.745 bits per heavy atom. The quantitative estimate of drug-likeness (QED) is 0.0343. The van der Waals surface area contributed by atoms with E-state index >= 15 is 0 Å². The molecule has 0 bridgehead atoms. The number of hydrogen-bond donors (Lipinski definition) is 13. The van der Waals surface area contributed by atoms with Crippen molar-refractivity contribution in [3.63, 3.8) is 0 Å². The highest BCUT2D eigenvalue weighted by Crippen LogP contribution is 2.25. The van der Waals surface area contributed by atoms with Crippen LogP contribution in [0.4, 0.5) is 0 Å². The van der Waals surface area contributed by atoms with Crippen molar-refractivity contribution in [3.8, 4) is 28.3 Å². The lowest BCUT2D eigenvalue weighted by molar-refractivity contribution is 0.0680. The van der Waals surface area contributed by atoms with E-state index in [4.69, 9.17) is 30.3 Å². The van der Waals surface area contributed by atoms with Crippen molar-refractivity contribution in [2.75, 3.05) is 0 Å². The predicted molar refractivity (Wildman–Crippen MR) is 352 cm³/mol. The van der Waals surface area contributed by atoms with Gasteiger partial charge in [-0.2, -0.15) is 11.3 Å². The lowest BCUT2D eigenvalue weighted by Gasteiger charge is -2.16. The summed E-state index contributed by atoms with van der Waals surface area (Å²) in [6.07, 6.45) is 6.58. The van der Waals surface area contributed by atoms with Gasteiger partial charge in [-0.1, -0.05) is 118 Å². The molecule has 4 atom stereocenters. The van der Waals surface area contributed by atoms with Crippen molar-refractivity contribution >= 4 is 69.7 Å². The Balaban J connectivity index is 0.000000167. The molecule has 0 saturated heterocycles. The molecule has 6 aromatic carbocycles. The smallest absolute Gasteiger partial charge is 0.478 e. The number of thiophene rings is 1. The van der Waals surface area contributed by atoms with Crippen LogP contribution in [0.2, 0.25) is 0 Å². The molecule has 11 rings (SSSR count). The van der Waals surface area contributed by atoms with Crippen molar-refractivity contribution in [1.82, 2.24) is 60.0 Å². The summed E-state index contributed by atoms with van der Waals surface area (Å²) in [5, 5.41) is 157. The normalized spacial score (nSPS) is 11.9. The fourth-order valence-corrected chi connectivity index (χ4v) is 10.2. The third kappa shape index (κ3) is 20.8. The second-order valence-corrected chi connectivity index (χ2v) is 22.3. The molecule has 0 saturated carbocycles. The molecule has 5 heterocycles. The summed E-state index contributed by atoms with van der Waals surface area (Å²) in [7, 11) is -6.84. The Bertz CT molecular complexity index is 4410. The van der Waals surface area contributed by atoms with Gasteiger partial charge in [0.15, 0.2) is 5.69 Å². The molecule has 0 aliphatic carbocycles.